The molecule has 0 saturated carbocycles. The summed E-state index contributed by atoms with van der Waals surface area (Å²) < 4.78 is 34.9. The van der Waals surface area contributed by atoms with Crippen molar-refractivity contribution >= 4 is 0 Å². The van der Waals surface area contributed by atoms with Crippen LogP contribution >= 0.6 is 0 Å². The molecule has 2 aromatic rings. The van der Waals surface area contributed by atoms with Crippen LogP contribution in [0.4, 0.5) is 8.78 Å². The average Bonchev–Trinajstić information content (AvgIpc) is 2.86. The Morgan fingerprint density at radius 2 is 2.05 bits per heavy atom. The zero-order valence-corrected chi connectivity index (χ0v) is 11.9. The first-order valence-electron chi connectivity index (χ1n) is 6.63. The standard InChI is InChI=1S/C14H18F2N4O/c1-3-7-20-14(11(21-2)8-18-20)13(19-17)12-9(15)5-4-6-10(12)16/h4-6,8,13,19H,3,7,17H2,1-2H3. The van der Waals surface area contributed by atoms with Crippen LogP contribution in [0.3, 0.4) is 0 Å². The van der Waals surface area contributed by atoms with E-state index in [0.717, 1.165) is 6.42 Å². The second-order valence-corrected chi connectivity index (χ2v) is 4.56. The minimum Gasteiger partial charge on any atom is -0.493 e. The first-order valence-corrected chi connectivity index (χ1v) is 6.63. The lowest BCUT2D eigenvalue weighted by molar-refractivity contribution is 0.394. The van der Waals surface area contributed by atoms with Crippen LogP contribution in [0.5, 0.6) is 5.75 Å². The molecule has 0 aliphatic heterocycles. The Labute approximate surface area is 121 Å². The van der Waals surface area contributed by atoms with E-state index in [1.165, 1.54) is 31.5 Å². The number of hydrogen-bond donors (Lipinski definition) is 2. The molecule has 1 aromatic heterocycles. The summed E-state index contributed by atoms with van der Waals surface area (Å²) in [6.45, 7) is 2.57. The average molecular weight is 296 g/mol. The highest BCUT2D eigenvalue weighted by atomic mass is 19.1. The highest BCUT2D eigenvalue weighted by molar-refractivity contribution is 5.37. The molecule has 21 heavy (non-hydrogen) atoms. The molecule has 5 nitrogen and oxygen atoms in total. The normalized spacial score (nSPS) is 12.4. The molecule has 0 spiro atoms. The van der Waals surface area contributed by atoms with Crippen LogP contribution < -0.4 is 16.0 Å². The van der Waals surface area contributed by atoms with Crippen molar-refractivity contribution < 1.29 is 13.5 Å². The van der Waals surface area contributed by atoms with E-state index in [-0.39, 0.29) is 5.56 Å². The molecule has 2 rings (SSSR count). The largest absolute Gasteiger partial charge is 0.493 e. The Morgan fingerprint density at radius 3 is 2.57 bits per heavy atom. The van der Waals surface area contributed by atoms with E-state index in [0.29, 0.717) is 18.0 Å². The van der Waals surface area contributed by atoms with Gasteiger partial charge in [-0.3, -0.25) is 10.5 Å². The third-order valence-electron chi connectivity index (χ3n) is 3.23. The molecule has 0 aliphatic carbocycles. The van der Waals surface area contributed by atoms with Gasteiger partial charge in [0.05, 0.1) is 19.3 Å². The lowest BCUT2D eigenvalue weighted by Gasteiger charge is -2.20. The van der Waals surface area contributed by atoms with Gasteiger partial charge >= 0.3 is 0 Å². The summed E-state index contributed by atoms with van der Waals surface area (Å²) in [4.78, 5) is 0. The lowest BCUT2D eigenvalue weighted by atomic mass is 10.0. The molecule has 114 valence electrons. The van der Waals surface area contributed by atoms with Crippen LogP contribution in [0.15, 0.2) is 24.4 Å². The number of methoxy groups -OCH3 is 1. The number of hydrazine groups is 1. The van der Waals surface area contributed by atoms with Crippen molar-refractivity contribution in [3.8, 4) is 5.75 Å². The molecule has 3 N–H and O–H groups in total. The topological polar surface area (TPSA) is 65.1 Å². The SMILES string of the molecule is CCCn1ncc(OC)c1C(NN)c1c(F)cccc1F. The molecule has 0 amide bonds. The highest BCUT2D eigenvalue weighted by Crippen LogP contribution is 2.32. The number of nitrogens with one attached hydrogen (secondary N) is 1. The molecule has 1 unspecified atom stereocenters. The number of nitrogens with two attached hydrogens (primary N) is 1. The van der Waals surface area contributed by atoms with Crippen LogP contribution in [0.1, 0.15) is 30.6 Å². The van der Waals surface area contributed by atoms with Crippen molar-refractivity contribution in [3.05, 3.63) is 47.3 Å². The molecule has 7 heteroatoms. The minimum atomic E-state index is -0.893. The number of aromatic nitrogens is 2. The van der Waals surface area contributed by atoms with Gasteiger partial charge < -0.3 is 4.74 Å². The van der Waals surface area contributed by atoms with Crippen molar-refractivity contribution in [2.75, 3.05) is 7.11 Å². The maximum atomic E-state index is 14.0. The van der Waals surface area contributed by atoms with Gasteiger partial charge in [-0.15, -0.1) is 0 Å². The van der Waals surface area contributed by atoms with Gasteiger partial charge in [0.15, 0.2) is 5.75 Å². The summed E-state index contributed by atoms with van der Waals surface area (Å²) in [6, 6.07) is 2.79. The van der Waals surface area contributed by atoms with Crippen LogP contribution in [0, 0.1) is 11.6 Å². The Morgan fingerprint density at radius 1 is 1.38 bits per heavy atom. The molecular weight excluding hydrogens is 278 g/mol. The zero-order chi connectivity index (χ0) is 15.4. The number of aryl methyl sites for hydroxylation is 1. The number of rotatable bonds is 6. The van der Waals surface area contributed by atoms with Crippen molar-refractivity contribution in [1.82, 2.24) is 15.2 Å². The Kier molecular flexibility index (Phi) is 4.87. The van der Waals surface area contributed by atoms with Gasteiger partial charge in [-0.2, -0.15) is 5.10 Å². The smallest absolute Gasteiger partial charge is 0.161 e. The monoisotopic (exact) mass is 296 g/mol. The van der Waals surface area contributed by atoms with Gasteiger partial charge in [0, 0.05) is 12.1 Å². The summed E-state index contributed by atoms with van der Waals surface area (Å²) >= 11 is 0. The molecule has 0 bridgehead atoms. The van der Waals surface area contributed by atoms with Crippen LogP contribution in [-0.4, -0.2) is 16.9 Å². The fourth-order valence-electron chi connectivity index (χ4n) is 2.30. The van der Waals surface area contributed by atoms with Crippen LogP contribution in [0.2, 0.25) is 0 Å². The van der Waals surface area contributed by atoms with Crippen molar-refractivity contribution in [3.63, 3.8) is 0 Å². The highest BCUT2D eigenvalue weighted by Gasteiger charge is 2.27. The fourth-order valence-corrected chi connectivity index (χ4v) is 2.30. The van der Waals surface area contributed by atoms with Gasteiger partial charge in [-0.25, -0.2) is 14.2 Å². The first kappa shape index (κ1) is 15.4. The Bertz CT molecular complexity index is 595. The molecule has 1 heterocycles. The van der Waals surface area contributed by atoms with Crippen molar-refractivity contribution in [2.24, 2.45) is 5.84 Å². The molecule has 0 radical (unpaired) electrons. The number of halogens is 2. The van der Waals surface area contributed by atoms with Gasteiger partial charge in [-0.05, 0) is 18.6 Å². The number of benzene rings is 1. The minimum absolute atomic E-state index is 0.156. The summed E-state index contributed by atoms with van der Waals surface area (Å²) in [5.41, 5.74) is 2.79. The maximum absolute atomic E-state index is 14.0. The van der Waals surface area contributed by atoms with Crippen LogP contribution in [-0.2, 0) is 6.54 Å². The number of ether oxygens (including phenoxy) is 1. The summed E-state index contributed by atoms with van der Waals surface area (Å²) in [7, 11) is 1.47. The van der Waals surface area contributed by atoms with Crippen molar-refractivity contribution in [2.45, 2.75) is 25.9 Å². The predicted molar refractivity (Wildman–Crippen MR) is 74.6 cm³/mol. The fraction of sp³-hybridized carbons (Fsp3) is 0.357. The van der Waals surface area contributed by atoms with E-state index in [1.807, 2.05) is 6.92 Å². The van der Waals surface area contributed by atoms with E-state index >= 15 is 0 Å². The zero-order valence-electron chi connectivity index (χ0n) is 11.9. The third kappa shape index (κ3) is 2.88. The van der Waals surface area contributed by atoms with Gasteiger partial charge in [0.2, 0.25) is 0 Å². The Hall–Kier alpha value is -1.99. The first-order chi connectivity index (χ1) is 10.1. The van der Waals surface area contributed by atoms with Crippen LogP contribution in [0.25, 0.3) is 0 Å². The van der Waals surface area contributed by atoms with Crippen molar-refractivity contribution in [1.29, 1.82) is 0 Å². The Balaban J connectivity index is 2.58. The third-order valence-corrected chi connectivity index (χ3v) is 3.23. The molecule has 1 atom stereocenters. The summed E-state index contributed by atoms with van der Waals surface area (Å²) in [5, 5.41) is 4.18. The van der Waals surface area contributed by atoms with E-state index in [9.17, 15) is 8.78 Å². The predicted octanol–water partition coefficient (Wildman–Crippen LogP) is 2.13. The number of nitrogens with zero attached hydrogens (tertiary/aromatic N) is 2. The lowest BCUT2D eigenvalue weighted by Crippen LogP contribution is -2.32. The molecular formula is C14H18F2N4O. The second kappa shape index (κ2) is 6.64. The maximum Gasteiger partial charge on any atom is 0.161 e. The summed E-state index contributed by atoms with van der Waals surface area (Å²) in [6.07, 6.45) is 2.32. The van der Waals surface area contributed by atoms with Gasteiger partial charge in [-0.1, -0.05) is 13.0 Å². The van der Waals surface area contributed by atoms with E-state index in [4.69, 9.17) is 10.6 Å². The van der Waals surface area contributed by atoms with E-state index in [2.05, 4.69) is 10.5 Å². The molecule has 0 aliphatic rings. The molecule has 1 aromatic carbocycles. The molecule has 0 saturated heterocycles. The van der Waals surface area contributed by atoms with E-state index < -0.39 is 17.7 Å². The van der Waals surface area contributed by atoms with Gasteiger partial charge in [0.25, 0.3) is 0 Å². The quantitative estimate of drug-likeness (QED) is 0.633. The number of hydrogen-bond acceptors (Lipinski definition) is 4. The molecule has 0 fully saturated rings. The summed E-state index contributed by atoms with van der Waals surface area (Å²) in [5.74, 6) is 4.61. The van der Waals surface area contributed by atoms with E-state index in [1.54, 1.807) is 4.68 Å². The van der Waals surface area contributed by atoms with Gasteiger partial charge in [0.1, 0.15) is 17.3 Å². The second-order valence-electron chi connectivity index (χ2n) is 4.56.